The first-order valence-corrected chi connectivity index (χ1v) is 7.08. The highest BCUT2D eigenvalue weighted by molar-refractivity contribution is 14.0. The quantitative estimate of drug-likeness (QED) is 0.257. The number of nitrogens with zero attached hydrogens (tertiary/aromatic N) is 1. The number of methoxy groups -OCH3 is 2. The molecule has 126 valence electrons. The monoisotopic (exact) mass is 423 g/mol. The molecule has 0 radical (unpaired) electrons. The molecule has 0 aliphatic carbocycles. The van der Waals surface area contributed by atoms with Gasteiger partial charge in [-0.05, 0) is 25.0 Å². The highest BCUT2D eigenvalue weighted by Crippen LogP contribution is 2.23. The van der Waals surface area contributed by atoms with Crippen LogP contribution in [0, 0.1) is 0 Å². The SMILES string of the molecule is CCNC(=NCCOC)NCCc1ccc(OC)cc1O.I. The third-order valence-corrected chi connectivity index (χ3v) is 2.89. The van der Waals surface area contributed by atoms with E-state index in [4.69, 9.17) is 9.47 Å². The summed E-state index contributed by atoms with van der Waals surface area (Å²) in [4.78, 5) is 4.37. The number of nitrogens with one attached hydrogen (secondary N) is 2. The molecule has 1 aromatic carbocycles. The van der Waals surface area contributed by atoms with Crippen LogP contribution in [0.1, 0.15) is 12.5 Å². The van der Waals surface area contributed by atoms with Gasteiger partial charge in [0.05, 0.1) is 20.3 Å². The van der Waals surface area contributed by atoms with Crippen molar-refractivity contribution >= 4 is 29.9 Å². The van der Waals surface area contributed by atoms with Crippen LogP contribution in [0.2, 0.25) is 0 Å². The average Bonchev–Trinajstić information content (AvgIpc) is 2.49. The predicted molar refractivity (Wildman–Crippen MR) is 99.6 cm³/mol. The van der Waals surface area contributed by atoms with Gasteiger partial charge < -0.3 is 25.2 Å². The molecule has 0 fully saturated rings. The molecule has 0 saturated carbocycles. The fourth-order valence-electron chi connectivity index (χ4n) is 1.79. The van der Waals surface area contributed by atoms with Crippen LogP contribution in [0.5, 0.6) is 11.5 Å². The van der Waals surface area contributed by atoms with E-state index in [9.17, 15) is 5.11 Å². The van der Waals surface area contributed by atoms with E-state index >= 15 is 0 Å². The topological polar surface area (TPSA) is 75.1 Å². The average molecular weight is 423 g/mol. The molecule has 0 aromatic heterocycles. The lowest BCUT2D eigenvalue weighted by Gasteiger charge is -2.12. The second kappa shape index (κ2) is 12.3. The Morgan fingerprint density at radius 3 is 2.64 bits per heavy atom. The number of halogens is 1. The van der Waals surface area contributed by atoms with Crippen molar-refractivity contribution < 1.29 is 14.6 Å². The summed E-state index contributed by atoms with van der Waals surface area (Å²) in [5, 5.41) is 16.3. The Morgan fingerprint density at radius 2 is 2.05 bits per heavy atom. The molecule has 0 heterocycles. The maximum Gasteiger partial charge on any atom is 0.191 e. The second-order valence-corrected chi connectivity index (χ2v) is 4.42. The van der Waals surface area contributed by atoms with Crippen molar-refractivity contribution in [2.24, 2.45) is 4.99 Å². The summed E-state index contributed by atoms with van der Waals surface area (Å²) in [6.45, 7) is 4.70. The van der Waals surface area contributed by atoms with Gasteiger partial charge in [-0.25, -0.2) is 0 Å². The summed E-state index contributed by atoms with van der Waals surface area (Å²) in [6.07, 6.45) is 0.699. The zero-order chi connectivity index (χ0) is 15.5. The van der Waals surface area contributed by atoms with Gasteiger partial charge in [-0.1, -0.05) is 6.07 Å². The molecule has 0 saturated heterocycles. The van der Waals surface area contributed by atoms with Crippen LogP contribution in [0.3, 0.4) is 0 Å². The summed E-state index contributed by atoms with van der Waals surface area (Å²) in [5.41, 5.74) is 0.871. The summed E-state index contributed by atoms with van der Waals surface area (Å²) in [5.74, 6) is 1.65. The number of aliphatic imine (C=N–C) groups is 1. The molecule has 7 heteroatoms. The number of aromatic hydroxyl groups is 1. The van der Waals surface area contributed by atoms with E-state index < -0.39 is 0 Å². The van der Waals surface area contributed by atoms with E-state index in [1.54, 1.807) is 20.3 Å². The minimum Gasteiger partial charge on any atom is -0.508 e. The molecule has 0 bridgehead atoms. The zero-order valence-corrected chi connectivity index (χ0v) is 15.7. The van der Waals surface area contributed by atoms with Crippen molar-refractivity contribution in [3.8, 4) is 11.5 Å². The lowest BCUT2D eigenvalue weighted by molar-refractivity contribution is 0.208. The van der Waals surface area contributed by atoms with Crippen molar-refractivity contribution in [2.75, 3.05) is 40.5 Å². The number of ether oxygens (including phenoxy) is 2. The van der Waals surface area contributed by atoms with Crippen molar-refractivity contribution in [1.29, 1.82) is 0 Å². The Balaban J connectivity index is 0.00000441. The predicted octanol–water partition coefficient (Wildman–Crippen LogP) is 1.76. The van der Waals surface area contributed by atoms with E-state index in [1.807, 2.05) is 19.1 Å². The normalized spacial score (nSPS) is 10.8. The molecule has 1 rings (SSSR count). The number of hydrogen-bond acceptors (Lipinski definition) is 4. The summed E-state index contributed by atoms with van der Waals surface area (Å²) in [6, 6.07) is 5.32. The van der Waals surface area contributed by atoms with Crippen molar-refractivity contribution in [3.63, 3.8) is 0 Å². The molecule has 6 nitrogen and oxygen atoms in total. The molecule has 0 aliphatic heterocycles. The van der Waals surface area contributed by atoms with Crippen molar-refractivity contribution in [1.82, 2.24) is 10.6 Å². The zero-order valence-electron chi connectivity index (χ0n) is 13.4. The van der Waals surface area contributed by atoms with Gasteiger partial charge in [0, 0.05) is 26.3 Å². The Bertz CT molecular complexity index is 456. The molecule has 0 amide bonds. The minimum atomic E-state index is 0. The summed E-state index contributed by atoms with van der Waals surface area (Å²) in [7, 11) is 3.23. The molecule has 0 atom stereocenters. The van der Waals surface area contributed by atoms with Crippen LogP contribution < -0.4 is 15.4 Å². The minimum absolute atomic E-state index is 0. The van der Waals surface area contributed by atoms with E-state index in [0.29, 0.717) is 31.9 Å². The molecule has 3 N–H and O–H groups in total. The molecule has 0 spiro atoms. The van der Waals surface area contributed by atoms with Gasteiger partial charge in [0.25, 0.3) is 0 Å². The summed E-state index contributed by atoms with van der Waals surface area (Å²) >= 11 is 0. The first-order valence-electron chi connectivity index (χ1n) is 7.08. The van der Waals surface area contributed by atoms with Gasteiger partial charge in [0.2, 0.25) is 0 Å². The molecule has 0 aliphatic rings. The number of benzene rings is 1. The van der Waals surface area contributed by atoms with E-state index in [0.717, 1.165) is 18.1 Å². The maximum atomic E-state index is 9.89. The summed E-state index contributed by atoms with van der Waals surface area (Å²) < 4.78 is 10.0. The van der Waals surface area contributed by atoms with Crippen LogP contribution in [0.4, 0.5) is 0 Å². The van der Waals surface area contributed by atoms with Crippen molar-refractivity contribution in [2.45, 2.75) is 13.3 Å². The second-order valence-electron chi connectivity index (χ2n) is 4.42. The Kier molecular flexibility index (Phi) is 11.7. The van der Waals surface area contributed by atoms with E-state index in [1.165, 1.54) is 0 Å². The van der Waals surface area contributed by atoms with Crippen LogP contribution in [0.15, 0.2) is 23.2 Å². The fourth-order valence-corrected chi connectivity index (χ4v) is 1.79. The number of guanidine groups is 1. The fraction of sp³-hybridized carbons (Fsp3) is 0.533. The van der Waals surface area contributed by atoms with Gasteiger partial charge in [-0.2, -0.15) is 0 Å². The maximum absolute atomic E-state index is 9.89. The first-order chi connectivity index (χ1) is 10.2. The Morgan fingerprint density at radius 1 is 1.27 bits per heavy atom. The third kappa shape index (κ3) is 7.69. The molecule has 0 unspecified atom stereocenters. The largest absolute Gasteiger partial charge is 0.508 e. The van der Waals surface area contributed by atoms with Crippen LogP contribution in [-0.4, -0.2) is 51.5 Å². The number of phenols is 1. The van der Waals surface area contributed by atoms with Crippen LogP contribution in [0.25, 0.3) is 0 Å². The Labute approximate surface area is 149 Å². The lowest BCUT2D eigenvalue weighted by Crippen LogP contribution is -2.38. The van der Waals surface area contributed by atoms with Crippen molar-refractivity contribution in [3.05, 3.63) is 23.8 Å². The third-order valence-electron chi connectivity index (χ3n) is 2.89. The number of hydrogen-bond donors (Lipinski definition) is 3. The molecular weight excluding hydrogens is 397 g/mol. The molecule has 22 heavy (non-hydrogen) atoms. The van der Waals surface area contributed by atoms with Gasteiger partial charge in [0.15, 0.2) is 5.96 Å². The van der Waals surface area contributed by atoms with E-state index in [2.05, 4.69) is 15.6 Å². The van der Waals surface area contributed by atoms with Gasteiger partial charge >= 0.3 is 0 Å². The lowest BCUT2D eigenvalue weighted by atomic mass is 10.1. The van der Waals surface area contributed by atoms with Gasteiger partial charge in [0.1, 0.15) is 11.5 Å². The van der Waals surface area contributed by atoms with Crippen LogP contribution >= 0.6 is 24.0 Å². The number of phenolic OH excluding ortho intramolecular Hbond substituents is 1. The highest BCUT2D eigenvalue weighted by Gasteiger charge is 2.03. The number of rotatable bonds is 8. The van der Waals surface area contributed by atoms with Gasteiger partial charge in [-0.3, -0.25) is 4.99 Å². The standard InChI is InChI=1S/C15H25N3O3.HI/c1-4-16-15(18-9-10-20-2)17-8-7-12-5-6-13(21-3)11-14(12)19;/h5-6,11,19H,4,7-10H2,1-3H3,(H2,16,17,18);1H. The van der Waals surface area contributed by atoms with Crippen LogP contribution in [-0.2, 0) is 11.2 Å². The van der Waals surface area contributed by atoms with E-state index in [-0.39, 0.29) is 29.7 Å². The molecular formula is C15H26IN3O3. The van der Waals surface area contributed by atoms with Gasteiger partial charge in [-0.15, -0.1) is 24.0 Å². The first kappa shape index (κ1) is 20.8. The highest BCUT2D eigenvalue weighted by atomic mass is 127. The Hall–Kier alpha value is -1.22. The molecule has 1 aromatic rings. The smallest absolute Gasteiger partial charge is 0.191 e.